The molecule has 90 valence electrons. The Morgan fingerprint density at radius 1 is 1.56 bits per heavy atom. The zero-order valence-electron chi connectivity index (χ0n) is 10.3. The summed E-state index contributed by atoms with van der Waals surface area (Å²) in [6.07, 6.45) is 3.74. The highest BCUT2D eigenvalue weighted by Crippen LogP contribution is 2.04. The largest absolute Gasteiger partial charge is 0.358 e. The van der Waals surface area contributed by atoms with E-state index < -0.39 is 0 Å². The van der Waals surface area contributed by atoms with E-state index in [1.54, 1.807) is 17.9 Å². The van der Waals surface area contributed by atoms with Gasteiger partial charge >= 0.3 is 0 Å². The fourth-order valence-corrected chi connectivity index (χ4v) is 1.58. The van der Waals surface area contributed by atoms with Crippen molar-refractivity contribution in [3.05, 3.63) is 18.0 Å². The van der Waals surface area contributed by atoms with Gasteiger partial charge < -0.3 is 10.6 Å². The molecular weight excluding hydrogens is 204 g/mol. The number of hydrogen-bond donors (Lipinski definition) is 2. The van der Waals surface area contributed by atoms with Crippen molar-refractivity contribution in [2.45, 2.75) is 26.4 Å². The first-order valence-corrected chi connectivity index (χ1v) is 5.47. The monoisotopic (exact) mass is 224 g/mol. The highest BCUT2D eigenvalue weighted by atomic mass is 16.2. The summed E-state index contributed by atoms with van der Waals surface area (Å²) in [4.78, 5) is 11.6. The number of amides is 1. The molecule has 0 saturated carbocycles. The molecule has 1 atom stereocenters. The molecule has 1 aromatic heterocycles. The van der Waals surface area contributed by atoms with Gasteiger partial charge in [0, 0.05) is 32.4 Å². The third-order valence-electron chi connectivity index (χ3n) is 2.48. The number of likely N-dealkylation sites (N-methyl/N-ethyl adjacent to an activating group) is 1. The van der Waals surface area contributed by atoms with Crippen LogP contribution in [0.4, 0.5) is 0 Å². The zero-order valence-corrected chi connectivity index (χ0v) is 10.3. The fourth-order valence-electron chi connectivity index (χ4n) is 1.58. The summed E-state index contributed by atoms with van der Waals surface area (Å²) >= 11 is 0. The average Bonchev–Trinajstić information content (AvgIpc) is 2.63. The highest BCUT2D eigenvalue weighted by Gasteiger charge is 2.20. The van der Waals surface area contributed by atoms with Gasteiger partial charge in [0.25, 0.3) is 0 Å². The summed E-state index contributed by atoms with van der Waals surface area (Å²) in [5.74, 6) is 0.288. The molecule has 0 aliphatic heterocycles. The van der Waals surface area contributed by atoms with Crippen LogP contribution in [0.1, 0.15) is 19.4 Å². The number of hydrogen-bond acceptors (Lipinski definition) is 3. The van der Waals surface area contributed by atoms with Gasteiger partial charge in [-0.15, -0.1) is 0 Å². The fraction of sp³-hybridized carbons (Fsp3) is 0.636. The van der Waals surface area contributed by atoms with E-state index in [1.807, 2.05) is 27.1 Å². The van der Waals surface area contributed by atoms with Crippen molar-refractivity contribution in [2.75, 3.05) is 7.05 Å². The third-order valence-corrected chi connectivity index (χ3v) is 2.48. The molecule has 0 aromatic carbocycles. The minimum atomic E-state index is -0.162. The van der Waals surface area contributed by atoms with Crippen LogP contribution in [0.25, 0.3) is 0 Å². The zero-order chi connectivity index (χ0) is 12.1. The molecule has 5 nitrogen and oxygen atoms in total. The van der Waals surface area contributed by atoms with Crippen LogP contribution in [0.2, 0.25) is 0 Å². The number of aromatic nitrogens is 2. The SMILES string of the molecule is CNC(=O)C(NCc1cnn(C)c1)C(C)C. The van der Waals surface area contributed by atoms with Crippen molar-refractivity contribution in [2.24, 2.45) is 13.0 Å². The number of carbonyl (C=O) groups is 1. The standard InChI is InChI=1S/C11H20N4O/c1-8(2)10(11(16)12-3)13-5-9-6-14-15(4)7-9/h6-8,10,13H,5H2,1-4H3,(H,12,16). The second kappa shape index (κ2) is 5.65. The van der Waals surface area contributed by atoms with Crippen LogP contribution >= 0.6 is 0 Å². The Kier molecular flexibility index (Phi) is 4.49. The van der Waals surface area contributed by atoms with Gasteiger partial charge in [-0.2, -0.15) is 5.10 Å². The first-order valence-electron chi connectivity index (χ1n) is 5.47. The molecule has 1 heterocycles. The lowest BCUT2D eigenvalue weighted by molar-refractivity contribution is -0.123. The smallest absolute Gasteiger partial charge is 0.237 e. The van der Waals surface area contributed by atoms with Gasteiger partial charge in [0.1, 0.15) is 0 Å². The van der Waals surface area contributed by atoms with Crippen LogP contribution in [-0.2, 0) is 18.4 Å². The maximum absolute atomic E-state index is 11.6. The first kappa shape index (κ1) is 12.7. The average molecular weight is 224 g/mol. The molecule has 16 heavy (non-hydrogen) atoms. The number of nitrogens with one attached hydrogen (secondary N) is 2. The minimum Gasteiger partial charge on any atom is -0.358 e. The lowest BCUT2D eigenvalue weighted by Gasteiger charge is -2.20. The second-order valence-electron chi connectivity index (χ2n) is 4.24. The molecule has 2 N–H and O–H groups in total. The molecule has 0 spiro atoms. The third kappa shape index (κ3) is 3.34. The topological polar surface area (TPSA) is 59.0 Å². The van der Waals surface area contributed by atoms with Crippen molar-refractivity contribution in [3.8, 4) is 0 Å². The second-order valence-corrected chi connectivity index (χ2v) is 4.24. The molecule has 1 amide bonds. The van der Waals surface area contributed by atoms with E-state index in [2.05, 4.69) is 15.7 Å². The van der Waals surface area contributed by atoms with Gasteiger partial charge in [-0.1, -0.05) is 13.8 Å². The molecule has 0 aliphatic rings. The van der Waals surface area contributed by atoms with E-state index in [9.17, 15) is 4.79 Å². The number of nitrogens with zero attached hydrogens (tertiary/aromatic N) is 2. The summed E-state index contributed by atoms with van der Waals surface area (Å²) in [6, 6.07) is -0.162. The summed E-state index contributed by atoms with van der Waals surface area (Å²) in [5, 5.41) is 9.98. The Morgan fingerprint density at radius 2 is 2.25 bits per heavy atom. The quantitative estimate of drug-likeness (QED) is 0.755. The molecular formula is C11H20N4O. The van der Waals surface area contributed by atoms with Crippen LogP contribution in [0.3, 0.4) is 0 Å². The molecule has 0 fully saturated rings. The highest BCUT2D eigenvalue weighted by molar-refractivity contribution is 5.81. The lowest BCUT2D eigenvalue weighted by Crippen LogP contribution is -2.45. The van der Waals surface area contributed by atoms with Gasteiger partial charge in [-0.25, -0.2) is 0 Å². The number of rotatable bonds is 5. The molecule has 1 rings (SSSR count). The molecule has 0 radical (unpaired) electrons. The van der Waals surface area contributed by atoms with Crippen LogP contribution in [-0.4, -0.2) is 28.8 Å². The maximum atomic E-state index is 11.6. The van der Waals surface area contributed by atoms with E-state index >= 15 is 0 Å². The normalized spacial score (nSPS) is 12.8. The summed E-state index contributed by atoms with van der Waals surface area (Å²) in [7, 11) is 3.53. The van der Waals surface area contributed by atoms with Crippen LogP contribution in [0.15, 0.2) is 12.4 Å². The predicted molar refractivity (Wildman–Crippen MR) is 62.7 cm³/mol. The van der Waals surface area contributed by atoms with Crippen molar-refractivity contribution in [1.29, 1.82) is 0 Å². The Labute approximate surface area is 96.2 Å². The molecule has 0 aliphatic carbocycles. The van der Waals surface area contributed by atoms with Gasteiger partial charge in [0.15, 0.2) is 0 Å². The van der Waals surface area contributed by atoms with Crippen molar-refractivity contribution in [1.82, 2.24) is 20.4 Å². The van der Waals surface area contributed by atoms with Crippen molar-refractivity contribution >= 4 is 5.91 Å². The van der Waals surface area contributed by atoms with Gasteiger partial charge in [0.2, 0.25) is 5.91 Å². The minimum absolute atomic E-state index is 0.0268. The van der Waals surface area contributed by atoms with Gasteiger partial charge in [-0.3, -0.25) is 9.48 Å². The van der Waals surface area contributed by atoms with E-state index in [4.69, 9.17) is 0 Å². The predicted octanol–water partition coefficient (Wildman–Crippen LogP) is 0.280. The van der Waals surface area contributed by atoms with Crippen LogP contribution in [0, 0.1) is 5.92 Å². The Morgan fingerprint density at radius 3 is 2.69 bits per heavy atom. The van der Waals surface area contributed by atoms with E-state index in [1.165, 1.54) is 0 Å². The Bertz CT molecular complexity index is 346. The van der Waals surface area contributed by atoms with Crippen LogP contribution < -0.4 is 10.6 Å². The summed E-state index contributed by atoms with van der Waals surface area (Å²) in [5.41, 5.74) is 1.08. The van der Waals surface area contributed by atoms with Crippen molar-refractivity contribution in [3.63, 3.8) is 0 Å². The van der Waals surface area contributed by atoms with Gasteiger partial charge in [0.05, 0.1) is 12.2 Å². The molecule has 0 saturated heterocycles. The molecule has 5 heteroatoms. The van der Waals surface area contributed by atoms with E-state index in [0.29, 0.717) is 6.54 Å². The lowest BCUT2D eigenvalue weighted by atomic mass is 10.0. The summed E-state index contributed by atoms with van der Waals surface area (Å²) in [6.45, 7) is 4.70. The molecule has 1 unspecified atom stereocenters. The summed E-state index contributed by atoms with van der Waals surface area (Å²) < 4.78 is 1.75. The Hall–Kier alpha value is -1.36. The number of aryl methyl sites for hydroxylation is 1. The van der Waals surface area contributed by atoms with E-state index in [0.717, 1.165) is 5.56 Å². The first-order chi connectivity index (χ1) is 7.54. The van der Waals surface area contributed by atoms with Crippen LogP contribution in [0.5, 0.6) is 0 Å². The maximum Gasteiger partial charge on any atom is 0.237 e. The van der Waals surface area contributed by atoms with E-state index in [-0.39, 0.29) is 17.9 Å². The number of carbonyl (C=O) groups excluding carboxylic acids is 1. The Balaban J connectivity index is 2.53. The molecule has 1 aromatic rings. The van der Waals surface area contributed by atoms with Gasteiger partial charge in [-0.05, 0) is 5.92 Å². The molecule has 0 bridgehead atoms. The van der Waals surface area contributed by atoms with Crippen molar-refractivity contribution < 1.29 is 4.79 Å².